The van der Waals surface area contributed by atoms with Crippen molar-refractivity contribution < 1.29 is 88.6 Å². The summed E-state index contributed by atoms with van der Waals surface area (Å²) in [6.45, 7) is 0. The Bertz CT molecular complexity index is 1030. The van der Waals surface area contributed by atoms with Gasteiger partial charge in [0, 0.05) is 15.8 Å². The number of carbonyl (C=O) groups excluding carboxylic acids is 2. The molecule has 0 bridgehead atoms. The zero-order valence-corrected chi connectivity index (χ0v) is 18.8. The number of alkyl halides is 18. The van der Waals surface area contributed by atoms with E-state index < -0.39 is 75.5 Å². The largest absolute Gasteiger partial charge is 0.460 e. The first-order chi connectivity index (χ1) is 16.9. The lowest BCUT2D eigenvalue weighted by Crippen LogP contribution is -2.64. The summed E-state index contributed by atoms with van der Waals surface area (Å²) in [5.41, 5.74) is -2.91. The van der Waals surface area contributed by atoms with Gasteiger partial charge in [0.1, 0.15) is 0 Å². The molecular formula is C16H5BrF18N2O2. The maximum absolute atomic E-state index is 13.6. The molecule has 4 nitrogen and oxygen atoms in total. The van der Waals surface area contributed by atoms with Gasteiger partial charge in [0.25, 0.3) is 0 Å². The Morgan fingerprint density at radius 3 is 0.974 bits per heavy atom. The van der Waals surface area contributed by atoms with E-state index in [0.717, 1.165) is 0 Å². The van der Waals surface area contributed by atoms with Crippen molar-refractivity contribution in [1.29, 1.82) is 0 Å². The molecule has 224 valence electrons. The average Bonchev–Trinajstić information content (AvgIpc) is 2.70. The monoisotopic (exact) mass is 678 g/mol. The lowest BCUT2D eigenvalue weighted by atomic mass is 10.0. The molecule has 1 aromatic rings. The van der Waals surface area contributed by atoms with Gasteiger partial charge in [-0.3, -0.25) is 9.59 Å². The molecule has 1 rings (SSSR count). The van der Waals surface area contributed by atoms with Crippen LogP contribution in [0.2, 0.25) is 0 Å². The Morgan fingerprint density at radius 2 is 0.744 bits per heavy atom. The van der Waals surface area contributed by atoms with E-state index in [1.807, 2.05) is 0 Å². The zero-order valence-electron chi connectivity index (χ0n) is 17.2. The molecule has 0 radical (unpaired) electrons. The molecule has 2 N–H and O–H groups in total. The molecule has 1 aromatic carbocycles. The molecule has 0 aliphatic rings. The predicted octanol–water partition coefficient (Wildman–Crippen LogP) is 7.26. The highest BCUT2D eigenvalue weighted by Crippen LogP contribution is 2.54. The Balaban J connectivity index is 3.35. The standard InChI is InChI=1S/C16H5BrF18N2O2/c17-4-1-5(36-7(38)9(18,19)11(22,23)13(26,27)15(30,31)32)3-6(2-4)37-8(39)10(20,21)12(24,25)14(28,29)16(33,34)35/h1-3H,(H,36,38)(H,37,39). The van der Waals surface area contributed by atoms with Crippen LogP contribution in [0.25, 0.3) is 0 Å². The van der Waals surface area contributed by atoms with Crippen LogP contribution >= 0.6 is 15.9 Å². The van der Waals surface area contributed by atoms with Crippen LogP contribution in [0.1, 0.15) is 0 Å². The van der Waals surface area contributed by atoms with Crippen LogP contribution in [-0.2, 0) is 9.59 Å². The zero-order chi connectivity index (χ0) is 31.4. The minimum Gasteiger partial charge on any atom is -0.321 e. The van der Waals surface area contributed by atoms with Gasteiger partial charge in [-0.2, -0.15) is 79.0 Å². The fourth-order valence-corrected chi connectivity index (χ4v) is 2.68. The lowest BCUT2D eigenvalue weighted by molar-refractivity contribution is -0.388. The molecule has 23 heteroatoms. The maximum Gasteiger partial charge on any atom is 0.460 e. The van der Waals surface area contributed by atoms with Crippen molar-refractivity contribution in [2.45, 2.75) is 47.9 Å². The minimum atomic E-state index is -7.51. The lowest BCUT2D eigenvalue weighted by Gasteiger charge is -2.33. The first-order valence-corrected chi connectivity index (χ1v) is 9.52. The normalized spacial score (nSPS) is 14.7. The number of halogens is 19. The van der Waals surface area contributed by atoms with E-state index in [-0.39, 0.29) is 18.2 Å². The molecule has 0 aliphatic heterocycles. The fraction of sp³-hybridized carbons (Fsp3) is 0.500. The van der Waals surface area contributed by atoms with E-state index in [9.17, 15) is 88.6 Å². The molecule has 0 saturated heterocycles. The topological polar surface area (TPSA) is 58.2 Å². The van der Waals surface area contributed by atoms with Crippen LogP contribution in [0.3, 0.4) is 0 Å². The highest BCUT2D eigenvalue weighted by molar-refractivity contribution is 9.10. The van der Waals surface area contributed by atoms with Crippen molar-refractivity contribution in [3.63, 3.8) is 0 Å². The van der Waals surface area contributed by atoms with Gasteiger partial charge in [0.15, 0.2) is 0 Å². The molecule has 0 aliphatic carbocycles. The molecule has 0 saturated carbocycles. The van der Waals surface area contributed by atoms with Crippen molar-refractivity contribution >= 4 is 39.1 Å². The average molecular weight is 679 g/mol. The van der Waals surface area contributed by atoms with Gasteiger partial charge in [-0.05, 0) is 18.2 Å². The quantitative estimate of drug-likeness (QED) is 0.285. The van der Waals surface area contributed by atoms with Crippen LogP contribution in [0.4, 0.5) is 90.4 Å². The second kappa shape index (κ2) is 9.78. The van der Waals surface area contributed by atoms with E-state index in [1.165, 1.54) is 0 Å². The van der Waals surface area contributed by atoms with Crippen molar-refractivity contribution in [1.82, 2.24) is 0 Å². The van der Waals surface area contributed by atoms with Crippen LogP contribution < -0.4 is 10.6 Å². The number of anilines is 2. The Labute approximate surface area is 209 Å². The highest BCUT2D eigenvalue weighted by Gasteiger charge is 2.85. The molecule has 0 aromatic heterocycles. The molecule has 39 heavy (non-hydrogen) atoms. The number of rotatable bonds is 8. The summed E-state index contributed by atoms with van der Waals surface area (Å²) in [6.07, 6.45) is -14.6. The van der Waals surface area contributed by atoms with Gasteiger partial charge in [0.05, 0.1) is 0 Å². The predicted molar refractivity (Wildman–Crippen MR) is 93.2 cm³/mol. The second-order valence-corrected chi connectivity index (χ2v) is 7.99. The Morgan fingerprint density at radius 1 is 0.487 bits per heavy atom. The van der Waals surface area contributed by atoms with Crippen LogP contribution in [-0.4, -0.2) is 59.7 Å². The van der Waals surface area contributed by atoms with Crippen LogP contribution in [0, 0.1) is 0 Å². The van der Waals surface area contributed by atoms with Gasteiger partial charge < -0.3 is 10.6 Å². The smallest absolute Gasteiger partial charge is 0.321 e. The SMILES string of the molecule is O=C(Nc1cc(Br)cc(NC(=O)C(F)(F)C(F)(F)C(F)(F)C(F)(F)F)c1)C(F)(F)C(F)(F)C(F)(F)C(F)(F)F. The van der Waals surface area contributed by atoms with E-state index in [2.05, 4.69) is 15.9 Å². The summed E-state index contributed by atoms with van der Waals surface area (Å²) in [5.74, 6) is -50.9. The fourth-order valence-electron chi connectivity index (χ4n) is 2.19. The third-order valence-electron chi connectivity index (χ3n) is 4.27. The van der Waals surface area contributed by atoms with Crippen molar-refractivity contribution in [2.75, 3.05) is 10.6 Å². The van der Waals surface area contributed by atoms with Crippen LogP contribution in [0.15, 0.2) is 22.7 Å². The summed E-state index contributed by atoms with van der Waals surface area (Å²) in [5, 5.41) is 1.25. The van der Waals surface area contributed by atoms with E-state index in [1.54, 1.807) is 0 Å². The second-order valence-electron chi connectivity index (χ2n) is 7.08. The van der Waals surface area contributed by atoms with E-state index in [0.29, 0.717) is 10.6 Å². The van der Waals surface area contributed by atoms with Crippen molar-refractivity contribution in [3.8, 4) is 0 Å². The molecule has 2 amide bonds. The number of benzene rings is 1. The van der Waals surface area contributed by atoms with Gasteiger partial charge in [-0.25, -0.2) is 0 Å². The third kappa shape index (κ3) is 5.67. The highest BCUT2D eigenvalue weighted by atomic mass is 79.9. The van der Waals surface area contributed by atoms with Gasteiger partial charge in [-0.15, -0.1) is 0 Å². The van der Waals surface area contributed by atoms with Crippen LogP contribution in [0.5, 0.6) is 0 Å². The number of hydrogen-bond acceptors (Lipinski definition) is 2. The minimum absolute atomic E-state index is 0.132. The Hall–Kier alpha value is -2.62. The number of hydrogen-bond donors (Lipinski definition) is 2. The van der Waals surface area contributed by atoms with Crippen molar-refractivity contribution in [2.24, 2.45) is 0 Å². The van der Waals surface area contributed by atoms with Gasteiger partial charge in [-0.1, -0.05) is 15.9 Å². The molecule has 0 unspecified atom stereocenters. The molecule has 0 heterocycles. The summed E-state index contributed by atoms with van der Waals surface area (Å²) in [7, 11) is 0. The molecule has 0 fully saturated rings. The number of carbonyl (C=O) groups is 2. The van der Waals surface area contributed by atoms with E-state index in [4.69, 9.17) is 0 Å². The molecule has 0 atom stereocenters. The van der Waals surface area contributed by atoms with Gasteiger partial charge >= 0.3 is 59.7 Å². The first kappa shape index (κ1) is 34.4. The summed E-state index contributed by atoms with van der Waals surface area (Å²) >= 11 is 2.38. The summed E-state index contributed by atoms with van der Waals surface area (Å²) < 4.78 is 232. The number of amides is 2. The molecular weight excluding hydrogens is 674 g/mol. The van der Waals surface area contributed by atoms with Gasteiger partial charge in [0.2, 0.25) is 0 Å². The first-order valence-electron chi connectivity index (χ1n) is 8.73. The maximum atomic E-state index is 13.6. The van der Waals surface area contributed by atoms with E-state index >= 15 is 0 Å². The number of nitrogens with one attached hydrogen (secondary N) is 2. The summed E-state index contributed by atoms with van der Waals surface area (Å²) in [6, 6.07) is 0.440. The van der Waals surface area contributed by atoms with Crippen molar-refractivity contribution in [3.05, 3.63) is 22.7 Å². The Kier molecular flexibility index (Phi) is 8.63. The third-order valence-corrected chi connectivity index (χ3v) is 4.73. The molecule has 0 spiro atoms. The summed E-state index contributed by atoms with van der Waals surface area (Å²) in [4.78, 5) is 22.9.